The number of piperidine rings is 2. The third kappa shape index (κ3) is 6.93. The molecule has 2 N–H and O–H groups in total. The number of anilines is 1. The summed E-state index contributed by atoms with van der Waals surface area (Å²) in [4.78, 5) is 38.7. The molecule has 7 rings (SSSR count). The number of amides is 4. The molecule has 0 saturated carbocycles. The van der Waals surface area contributed by atoms with E-state index in [1.54, 1.807) is 0 Å². The molecule has 0 bridgehead atoms. The van der Waals surface area contributed by atoms with Crippen molar-refractivity contribution in [2.75, 3.05) is 45.1 Å². The quantitative estimate of drug-likeness (QED) is 0.215. The first-order valence-electron chi connectivity index (χ1n) is 16.6. The Bertz CT molecular complexity index is 1760. The number of urea groups is 2. The number of carbonyl (C=O) groups is 2. The van der Waals surface area contributed by atoms with Crippen molar-refractivity contribution in [3.63, 3.8) is 0 Å². The second-order valence-electron chi connectivity index (χ2n) is 13.1. The van der Waals surface area contributed by atoms with Gasteiger partial charge in [-0.1, -0.05) is 36.4 Å². The molecule has 47 heavy (non-hydrogen) atoms. The third-order valence-electron chi connectivity index (χ3n) is 10.0. The van der Waals surface area contributed by atoms with Crippen molar-refractivity contribution in [1.29, 1.82) is 0 Å². The summed E-state index contributed by atoms with van der Waals surface area (Å²) in [6.45, 7) is 3.93. The lowest BCUT2D eigenvalue weighted by Gasteiger charge is -2.38. The summed E-state index contributed by atoms with van der Waals surface area (Å²) < 4.78 is 4.38. The zero-order chi connectivity index (χ0) is 32.5. The predicted molar refractivity (Wildman–Crippen MR) is 193 cm³/mol. The summed E-state index contributed by atoms with van der Waals surface area (Å²) in [6.07, 6.45) is 5.00. The lowest BCUT2D eigenvalue weighted by atomic mass is 10.0. The molecule has 11 heteroatoms. The largest absolute Gasteiger partial charge is 0.328 e. The van der Waals surface area contributed by atoms with Crippen LogP contribution in [0.4, 0.5) is 15.3 Å². The molecule has 2 fully saturated rings. The van der Waals surface area contributed by atoms with Crippen LogP contribution in [0.2, 0.25) is 0 Å². The Balaban J connectivity index is 1.11. The number of carbonyl (C=O) groups excluding carboxylic acids is 2. The zero-order valence-electron chi connectivity index (χ0n) is 26.7. The van der Waals surface area contributed by atoms with Crippen LogP contribution in [0.3, 0.4) is 0 Å². The maximum atomic E-state index is 14.1. The van der Waals surface area contributed by atoms with E-state index in [0.29, 0.717) is 32.1 Å². The number of benzene rings is 3. The molecule has 4 amide bonds. The van der Waals surface area contributed by atoms with Crippen LogP contribution in [-0.2, 0) is 12.8 Å². The Labute approximate surface area is 292 Å². The van der Waals surface area contributed by atoms with E-state index in [1.807, 2.05) is 40.1 Å². The second-order valence-corrected chi connectivity index (χ2v) is 14.8. The zero-order valence-corrected chi connectivity index (χ0v) is 29.8. The van der Waals surface area contributed by atoms with Crippen LogP contribution in [0.25, 0.3) is 11.0 Å². The van der Waals surface area contributed by atoms with Crippen molar-refractivity contribution in [2.24, 2.45) is 0 Å². The minimum atomic E-state index is -0.324. The number of hydrogen-bond donors (Lipinski definition) is 2. The van der Waals surface area contributed by atoms with Gasteiger partial charge in [0.25, 0.3) is 0 Å². The molecule has 3 aromatic carbocycles. The average molecular weight is 764 g/mol. The van der Waals surface area contributed by atoms with E-state index in [0.717, 1.165) is 87.8 Å². The Morgan fingerprint density at radius 3 is 2.43 bits per heavy atom. The lowest BCUT2D eigenvalue weighted by Crippen LogP contribution is -2.52. The molecule has 4 aromatic rings. The first kappa shape index (κ1) is 32.2. The normalized spacial score (nSPS) is 18.9. The van der Waals surface area contributed by atoms with Crippen molar-refractivity contribution in [3.05, 3.63) is 92.6 Å². The molecular formula is C36H41Br2N7O2. The van der Waals surface area contributed by atoms with Crippen molar-refractivity contribution in [3.8, 4) is 0 Å². The van der Waals surface area contributed by atoms with Gasteiger partial charge in [0, 0.05) is 46.4 Å². The van der Waals surface area contributed by atoms with E-state index in [-0.39, 0.29) is 24.1 Å². The fraction of sp³-hybridized carbons (Fsp3) is 0.417. The summed E-state index contributed by atoms with van der Waals surface area (Å²) in [5.41, 5.74) is 5.24. The number of rotatable bonds is 6. The number of likely N-dealkylation sites (tertiary alicyclic amines) is 2. The minimum Gasteiger partial charge on any atom is -0.328 e. The van der Waals surface area contributed by atoms with Gasteiger partial charge < -0.3 is 29.9 Å². The minimum absolute atomic E-state index is 0.0496. The van der Waals surface area contributed by atoms with Crippen LogP contribution in [0.1, 0.15) is 54.7 Å². The summed E-state index contributed by atoms with van der Waals surface area (Å²) >= 11 is 7.27. The third-order valence-corrected chi connectivity index (χ3v) is 11.9. The highest BCUT2D eigenvalue weighted by Gasteiger charge is 2.33. The van der Waals surface area contributed by atoms with Crippen LogP contribution >= 0.6 is 31.9 Å². The monoisotopic (exact) mass is 761 g/mol. The van der Waals surface area contributed by atoms with E-state index in [9.17, 15) is 9.59 Å². The van der Waals surface area contributed by atoms with Crippen molar-refractivity contribution in [2.45, 2.75) is 56.7 Å². The van der Waals surface area contributed by atoms with Gasteiger partial charge in [0.05, 0.1) is 17.1 Å². The number of hydrogen-bond acceptors (Lipinski definition) is 4. The van der Waals surface area contributed by atoms with Crippen LogP contribution < -0.4 is 10.6 Å². The van der Waals surface area contributed by atoms with Gasteiger partial charge in [-0.2, -0.15) is 0 Å². The van der Waals surface area contributed by atoms with Crippen molar-refractivity contribution >= 4 is 60.6 Å². The molecular weight excluding hydrogens is 722 g/mol. The molecule has 3 aliphatic heterocycles. The molecule has 2 saturated heterocycles. The first-order valence-corrected chi connectivity index (χ1v) is 18.2. The second kappa shape index (κ2) is 14.0. The van der Waals surface area contributed by atoms with Gasteiger partial charge in [-0.25, -0.2) is 14.6 Å². The van der Waals surface area contributed by atoms with Crippen molar-refractivity contribution in [1.82, 2.24) is 29.6 Å². The molecule has 246 valence electrons. The Morgan fingerprint density at radius 2 is 1.64 bits per heavy atom. The smallest absolute Gasteiger partial charge is 0.322 e. The Hall–Kier alpha value is -3.41. The predicted octanol–water partition coefficient (Wildman–Crippen LogP) is 7.38. The van der Waals surface area contributed by atoms with E-state index < -0.39 is 0 Å². The molecule has 1 atom stereocenters. The number of fused-ring (bicyclic) bond motifs is 2. The number of nitrogens with one attached hydrogen (secondary N) is 2. The molecule has 0 aliphatic carbocycles. The highest BCUT2D eigenvalue weighted by molar-refractivity contribution is 9.13. The number of para-hydroxylation sites is 3. The number of aromatic nitrogens is 2. The Morgan fingerprint density at radius 1 is 0.915 bits per heavy atom. The highest BCUT2D eigenvalue weighted by Crippen LogP contribution is 2.34. The molecule has 1 aromatic heterocycles. The van der Waals surface area contributed by atoms with E-state index in [1.165, 1.54) is 0 Å². The molecule has 4 heterocycles. The standard InChI is InChI=1S/C36H41Br2N7O2/c1-42-17-13-27(14-18-42)45-33-9-5-4-8-31(33)39-34(45)32(23-24-10-11-28(37)29(38)22-24)41-35(46)43-19-15-26(16-20-43)44-21-12-25-6-2-3-7-30(25)40-36(44)47/h2-11,22,26-27,32H,12-21,23H2,1H3,(H,40,47)(H,41,46). The van der Waals surface area contributed by atoms with Gasteiger partial charge in [-0.3, -0.25) is 0 Å². The van der Waals surface area contributed by atoms with Gasteiger partial charge >= 0.3 is 12.1 Å². The van der Waals surface area contributed by atoms with Gasteiger partial charge in [-0.05, 0) is 132 Å². The van der Waals surface area contributed by atoms with Crippen molar-refractivity contribution < 1.29 is 9.59 Å². The summed E-state index contributed by atoms with van der Waals surface area (Å²) in [5, 5.41) is 6.53. The summed E-state index contributed by atoms with van der Waals surface area (Å²) in [7, 11) is 2.18. The summed E-state index contributed by atoms with van der Waals surface area (Å²) in [5.74, 6) is 0.906. The van der Waals surface area contributed by atoms with E-state index >= 15 is 0 Å². The maximum Gasteiger partial charge on any atom is 0.322 e. The van der Waals surface area contributed by atoms with Gasteiger partial charge in [-0.15, -0.1) is 0 Å². The Kier molecular flexibility index (Phi) is 9.56. The van der Waals surface area contributed by atoms with Crippen LogP contribution in [-0.4, -0.2) is 82.1 Å². The van der Waals surface area contributed by atoms with Gasteiger partial charge in [0.1, 0.15) is 5.82 Å². The first-order chi connectivity index (χ1) is 22.8. The highest BCUT2D eigenvalue weighted by atomic mass is 79.9. The molecule has 1 unspecified atom stereocenters. The summed E-state index contributed by atoms with van der Waals surface area (Å²) in [6, 6.07) is 22.6. The fourth-order valence-electron chi connectivity index (χ4n) is 7.41. The number of halogens is 2. The van der Waals surface area contributed by atoms with Crippen LogP contribution in [0.15, 0.2) is 75.7 Å². The van der Waals surface area contributed by atoms with E-state index in [2.05, 4.69) is 95.4 Å². The number of nitrogens with zero attached hydrogens (tertiary/aromatic N) is 5. The topological polar surface area (TPSA) is 85.7 Å². The molecule has 0 spiro atoms. The van der Waals surface area contributed by atoms with Crippen LogP contribution in [0, 0.1) is 0 Å². The maximum absolute atomic E-state index is 14.1. The van der Waals surface area contributed by atoms with E-state index in [4.69, 9.17) is 4.98 Å². The lowest BCUT2D eigenvalue weighted by molar-refractivity contribution is 0.132. The molecule has 9 nitrogen and oxygen atoms in total. The molecule has 3 aliphatic rings. The van der Waals surface area contributed by atoms with Crippen LogP contribution in [0.5, 0.6) is 0 Å². The molecule has 0 radical (unpaired) electrons. The number of imidazole rings is 1. The van der Waals surface area contributed by atoms with Gasteiger partial charge in [0.2, 0.25) is 0 Å². The fourth-order valence-corrected chi connectivity index (χ4v) is 8.09. The SMILES string of the molecule is CN1CCC(n2c(C(Cc3ccc(Br)c(Br)c3)NC(=O)N3CCC(N4CCc5ccccc5NC4=O)CC3)nc3ccccc32)CC1. The van der Waals surface area contributed by atoms with Gasteiger partial charge in [0.15, 0.2) is 0 Å². The average Bonchev–Trinajstić information content (AvgIpc) is 3.38.